The second-order valence-corrected chi connectivity index (χ2v) is 18.8. The Hall–Kier alpha value is -4.06. The summed E-state index contributed by atoms with van der Waals surface area (Å²) in [5.41, 5.74) is 5.88. The number of hydrogen-bond donors (Lipinski definition) is 2. The molecular weight excluding hydrogens is 803 g/mol. The monoisotopic (exact) mass is 874 g/mol. The van der Waals surface area contributed by atoms with Crippen molar-refractivity contribution >= 4 is 23.6 Å². The number of methoxy groups -OCH3 is 1. The van der Waals surface area contributed by atoms with Crippen LogP contribution in [0.2, 0.25) is 0 Å². The second kappa shape index (κ2) is 21.7. The summed E-state index contributed by atoms with van der Waals surface area (Å²) >= 11 is 1.51. The predicted molar refractivity (Wildman–Crippen MR) is 255 cm³/mol. The molecule has 2 unspecified atom stereocenters. The Bertz CT molecular complexity index is 2060. The molecule has 10 heteroatoms. The third kappa shape index (κ3) is 9.96. The quantitative estimate of drug-likeness (QED) is 0.0901. The zero-order valence-electron chi connectivity index (χ0n) is 38.6. The molecule has 9 rings (SSSR count). The molecule has 0 radical (unpaired) electrons. The first-order valence-electron chi connectivity index (χ1n) is 23.7. The van der Waals surface area contributed by atoms with E-state index >= 15 is 0 Å². The molecule has 6 heterocycles. The third-order valence-corrected chi connectivity index (χ3v) is 15.4. The number of carbonyl (C=O) groups excluding carboxylic acids is 2. The smallest absolute Gasteiger partial charge is 0.254 e. The van der Waals surface area contributed by atoms with E-state index in [2.05, 4.69) is 80.0 Å². The number of pyridine rings is 1. The molecule has 5 aliphatic rings. The van der Waals surface area contributed by atoms with Gasteiger partial charge in [-0.2, -0.15) is 0 Å². The Labute approximate surface area is 381 Å². The fraction of sp³-hybridized carbons (Fsp3) is 0.528. The minimum atomic E-state index is -0.0452. The van der Waals surface area contributed by atoms with Crippen LogP contribution in [0.25, 0.3) is 0 Å². The van der Waals surface area contributed by atoms with Crippen LogP contribution in [0.5, 0.6) is 0 Å². The lowest BCUT2D eigenvalue weighted by Gasteiger charge is -2.43. The van der Waals surface area contributed by atoms with Crippen molar-refractivity contribution in [3.05, 3.63) is 131 Å². The molecule has 5 aliphatic heterocycles. The van der Waals surface area contributed by atoms with E-state index in [4.69, 9.17) is 9.47 Å². The van der Waals surface area contributed by atoms with Gasteiger partial charge in [0.2, 0.25) is 0 Å². The predicted octanol–water partition coefficient (Wildman–Crippen LogP) is 10.3. The highest BCUT2D eigenvalue weighted by Gasteiger charge is 2.58. The Kier molecular flexibility index (Phi) is 16.2. The molecule has 338 valence electrons. The highest BCUT2D eigenvalue weighted by atomic mass is 32.2. The van der Waals surface area contributed by atoms with Gasteiger partial charge < -0.3 is 20.1 Å². The summed E-state index contributed by atoms with van der Waals surface area (Å²) in [6.45, 7) is 11.7. The minimum Gasteiger partial charge on any atom is -0.385 e. The molecule has 2 amide bonds. The normalized spacial score (nSPS) is 25.7. The Morgan fingerprint density at radius 2 is 1.32 bits per heavy atom. The largest absolute Gasteiger partial charge is 0.385 e. The minimum absolute atomic E-state index is 0.0193. The summed E-state index contributed by atoms with van der Waals surface area (Å²) in [7, 11) is 1.76. The highest BCUT2D eigenvalue weighted by molar-refractivity contribution is 7.98. The molecule has 0 aliphatic carbocycles. The first kappa shape index (κ1) is 46.9. The molecule has 9 nitrogen and oxygen atoms in total. The second-order valence-electron chi connectivity index (χ2n) is 18.0. The summed E-state index contributed by atoms with van der Waals surface area (Å²) in [6, 6.07) is 32.0. The molecule has 4 aromatic rings. The molecule has 0 spiro atoms. The van der Waals surface area contributed by atoms with E-state index in [1.165, 1.54) is 55.0 Å². The topological polar surface area (TPSA) is 96.0 Å². The van der Waals surface area contributed by atoms with Crippen LogP contribution < -0.4 is 10.6 Å². The maximum absolute atomic E-state index is 13.6. The molecule has 3 atom stereocenters. The number of fused-ring (bicyclic) bond motifs is 4. The SMILES string of the molecule is CC.COCCCN1C2CCC1(C(NC(=O)c1cccnc1SC)c1ccccc1)CC2.Cc1cccc(C)c1C(=O)N[C@H](c1ccccc1)C12CCC(CC1)N2CC1CCCO1. The van der Waals surface area contributed by atoms with Crippen molar-refractivity contribution in [2.24, 2.45) is 0 Å². The van der Waals surface area contributed by atoms with E-state index in [0.717, 1.165) is 86.5 Å². The fourth-order valence-corrected chi connectivity index (χ4v) is 12.4. The van der Waals surface area contributed by atoms with Gasteiger partial charge in [0.1, 0.15) is 5.03 Å². The maximum Gasteiger partial charge on any atom is 0.254 e. The van der Waals surface area contributed by atoms with Crippen molar-refractivity contribution in [1.82, 2.24) is 25.4 Å². The summed E-state index contributed by atoms with van der Waals surface area (Å²) in [5.74, 6) is 0.00844. The van der Waals surface area contributed by atoms with E-state index in [1.54, 1.807) is 13.3 Å². The van der Waals surface area contributed by atoms with Crippen LogP contribution in [0.15, 0.2) is 102 Å². The first-order valence-corrected chi connectivity index (χ1v) is 24.9. The number of aryl methyl sites for hydroxylation is 2. The highest BCUT2D eigenvalue weighted by Crippen LogP contribution is 2.54. The van der Waals surface area contributed by atoms with E-state index in [1.807, 2.05) is 70.3 Å². The molecule has 0 saturated carbocycles. The van der Waals surface area contributed by atoms with Gasteiger partial charge in [0.25, 0.3) is 11.8 Å². The van der Waals surface area contributed by atoms with Crippen LogP contribution in [0, 0.1) is 13.8 Å². The Morgan fingerprint density at radius 3 is 1.86 bits per heavy atom. The standard InChI is InChI=1S/C27H34N2O2.C24H31N3O2S.C2H6/c1-19-8-6-9-20(2)24(19)26(30)28-25(21-10-4-3-5-11-21)27-15-13-22(14-16-27)29(27)18-23-12-7-17-31-23;1-29-17-7-16-27-19-11-13-24(27,14-12-19)21(18-8-4-3-5-9-18)26-22(28)20-10-6-15-25-23(20)30-2;1-2/h3-6,8-11,22-23,25H,7,12-18H2,1-2H3,(H,28,30);3-6,8-10,15,19,21H,7,11-14,16-17H2,1-2H3,(H,26,28);1-2H3/t22?,23?,25-,27?;;/m1../s1. The Morgan fingerprint density at radius 1 is 0.762 bits per heavy atom. The van der Waals surface area contributed by atoms with Gasteiger partial charge in [0.05, 0.1) is 23.8 Å². The van der Waals surface area contributed by atoms with E-state index in [9.17, 15) is 9.59 Å². The summed E-state index contributed by atoms with van der Waals surface area (Å²) in [4.78, 5) is 36.8. The summed E-state index contributed by atoms with van der Waals surface area (Å²) in [5, 5.41) is 7.74. The van der Waals surface area contributed by atoms with E-state index < -0.39 is 0 Å². The number of ether oxygens (including phenoxy) is 2. The van der Waals surface area contributed by atoms with Gasteiger partial charge in [0.15, 0.2) is 0 Å². The van der Waals surface area contributed by atoms with Gasteiger partial charge in [-0.15, -0.1) is 11.8 Å². The van der Waals surface area contributed by atoms with Crippen LogP contribution in [-0.4, -0.2) is 95.5 Å². The number of nitrogens with one attached hydrogen (secondary N) is 2. The lowest BCUT2D eigenvalue weighted by atomic mass is 9.78. The third-order valence-electron chi connectivity index (χ3n) is 14.6. The van der Waals surface area contributed by atoms with E-state index in [-0.39, 0.29) is 35.0 Å². The molecule has 1 aromatic heterocycles. The lowest BCUT2D eigenvalue weighted by molar-refractivity contribution is 0.0294. The van der Waals surface area contributed by atoms with Crippen LogP contribution in [0.4, 0.5) is 0 Å². The average molecular weight is 874 g/mol. The lowest BCUT2D eigenvalue weighted by Crippen LogP contribution is -2.54. The molecule has 4 bridgehead atoms. The molecule has 2 N–H and O–H groups in total. The zero-order valence-corrected chi connectivity index (χ0v) is 39.4. The number of nitrogens with zero attached hydrogens (tertiary/aromatic N) is 3. The van der Waals surface area contributed by atoms with Crippen LogP contribution in [0.1, 0.15) is 140 Å². The van der Waals surface area contributed by atoms with Crippen molar-refractivity contribution in [2.45, 2.75) is 145 Å². The van der Waals surface area contributed by atoms with Crippen LogP contribution in [0.3, 0.4) is 0 Å². The summed E-state index contributed by atoms with van der Waals surface area (Å²) < 4.78 is 11.3. The van der Waals surface area contributed by atoms with Crippen LogP contribution >= 0.6 is 11.8 Å². The van der Waals surface area contributed by atoms with Gasteiger partial charge in [-0.1, -0.05) is 92.7 Å². The summed E-state index contributed by atoms with van der Waals surface area (Å²) in [6.07, 6.45) is 16.7. The van der Waals surface area contributed by atoms with Crippen molar-refractivity contribution in [1.29, 1.82) is 0 Å². The van der Waals surface area contributed by atoms with Gasteiger partial charge in [-0.25, -0.2) is 4.98 Å². The van der Waals surface area contributed by atoms with Crippen molar-refractivity contribution < 1.29 is 19.1 Å². The number of amides is 2. The van der Waals surface area contributed by atoms with Gasteiger partial charge in [0, 0.05) is 68.3 Å². The van der Waals surface area contributed by atoms with Gasteiger partial charge in [-0.05, 0) is 125 Å². The maximum atomic E-state index is 13.6. The fourth-order valence-electron chi connectivity index (χ4n) is 11.8. The molecule has 5 fully saturated rings. The molecular formula is C53H71N5O4S. The molecule has 5 saturated heterocycles. The molecule has 3 aromatic carbocycles. The zero-order chi connectivity index (χ0) is 44.4. The number of aromatic nitrogens is 1. The van der Waals surface area contributed by atoms with E-state index in [0.29, 0.717) is 23.8 Å². The van der Waals surface area contributed by atoms with Gasteiger partial charge in [-0.3, -0.25) is 19.4 Å². The number of carbonyl (C=O) groups is 2. The Balaban J connectivity index is 0.000000182. The van der Waals surface area contributed by atoms with Crippen molar-refractivity contribution in [3.63, 3.8) is 0 Å². The van der Waals surface area contributed by atoms with Crippen molar-refractivity contribution in [2.75, 3.05) is 39.7 Å². The first-order chi connectivity index (χ1) is 30.8. The molecule has 63 heavy (non-hydrogen) atoms. The number of thioether (sulfide) groups is 1. The van der Waals surface area contributed by atoms with Crippen molar-refractivity contribution in [3.8, 4) is 0 Å². The van der Waals surface area contributed by atoms with Gasteiger partial charge >= 0.3 is 0 Å². The average Bonchev–Trinajstić information content (AvgIpc) is 4.18. The van der Waals surface area contributed by atoms with Crippen LogP contribution in [-0.2, 0) is 9.47 Å². The number of rotatable bonds is 15. The number of benzene rings is 3. The number of hydrogen-bond acceptors (Lipinski definition) is 8.